The summed E-state index contributed by atoms with van der Waals surface area (Å²) in [5.74, 6) is 0.533. The maximum Gasteiger partial charge on any atom is 0.322 e. The van der Waals surface area contributed by atoms with E-state index < -0.39 is 6.04 Å². The SMILES string of the molecule is COC(=O)[C@@H](N)CCCN=C(N(C)C)N(C)C. The number of ether oxygens (including phenoxy) is 1. The van der Waals surface area contributed by atoms with Crippen molar-refractivity contribution >= 4 is 11.9 Å². The zero-order valence-electron chi connectivity index (χ0n) is 11.4. The van der Waals surface area contributed by atoms with Crippen molar-refractivity contribution in [2.24, 2.45) is 10.7 Å². The minimum Gasteiger partial charge on any atom is -0.468 e. The minimum atomic E-state index is -0.544. The highest BCUT2D eigenvalue weighted by Crippen LogP contribution is 1.98. The standard InChI is InChI=1S/C11H24N4O2/c1-14(2)11(15(3)4)13-8-6-7-9(12)10(16)17-5/h9H,6-8,12H2,1-5H3/t9-/m0/s1. The van der Waals surface area contributed by atoms with Crippen molar-refractivity contribution in [2.75, 3.05) is 41.8 Å². The lowest BCUT2D eigenvalue weighted by atomic mass is 10.2. The third-order valence-corrected chi connectivity index (χ3v) is 2.23. The fraction of sp³-hybridized carbons (Fsp3) is 0.818. The lowest BCUT2D eigenvalue weighted by Crippen LogP contribution is -2.35. The molecule has 0 aliphatic heterocycles. The predicted molar refractivity (Wildman–Crippen MR) is 68.9 cm³/mol. The number of guanidine groups is 1. The van der Waals surface area contributed by atoms with Crippen molar-refractivity contribution in [3.63, 3.8) is 0 Å². The second-order valence-electron chi connectivity index (χ2n) is 4.24. The molecule has 0 radical (unpaired) electrons. The van der Waals surface area contributed by atoms with Crippen molar-refractivity contribution in [3.05, 3.63) is 0 Å². The molecule has 0 spiro atoms. The summed E-state index contributed by atoms with van der Waals surface area (Å²) < 4.78 is 4.55. The van der Waals surface area contributed by atoms with E-state index >= 15 is 0 Å². The molecule has 0 amide bonds. The topological polar surface area (TPSA) is 71.2 Å². The van der Waals surface area contributed by atoms with Gasteiger partial charge < -0.3 is 20.3 Å². The van der Waals surface area contributed by atoms with Crippen molar-refractivity contribution < 1.29 is 9.53 Å². The van der Waals surface area contributed by atoms with Crippen molar-refractivity contribution in [1.82, 2.24) is 9.80 Å². The van der Waals surface area contributed by atoms with E-state index in [1.54, 1.807) is 0 Å². The number of methoxy groups -OCH3 is 1. The molecule has 0 aromatic rings. The van der Waals surface area contributed by atoms with Crippen LogP contribution in [0.4, 0.5) is 0 Å². The van der Waals surface area contributed by atoms with E-state index in [1.807, 2.05) is 38.0 Å². The Bertz CT molecular complexity index is 254. The highest BCUT2D eigenvalue weighted by atomic mass is 16.5. The van der Waals surface area contributed by atoms with Crippen molar-refractivity contribution in [2.45, 2.75) is 18.9 Å². The summed E-state index contributed by atoms with van der Waals surface area (Å²) in [5, 5.41) is 0. The Hall–Kier alpha value is -1.30. The van der Waals surface area contributed by atoms with E-state index in [2.05, 4.69) is 9.73 Å². The van der Waals surface area contributed by atoms with Gasteiger partial charge in [-0.05, 0) is 12.8 Å². The Morgan fingerprint density at radius 1 is 1.29 bits per heavy atom. The molecular formula is C11H24N4O2. The van der Waals surface area contributed by atoms with Gasteiger partial charge in [-0.3, -0.25) is 9.79 Å². The lowest BCUT2D eigenvalue weighted by molar-refractivity contribution is -0.142. The zero-order chi connectivity index (χ0) is 13.4. The molecule has 0 bridgehead atoms. The average molecular weight is 244 g/mol. The fourth-order valence-corrected chi connectivity index (χ4v) is 1.44. The normalized spacial score (nSPS) is 11.6. The molecule has 0 rings (SSSR count). The smallest absolute Gasteiger partial charge is 0.322 e. The Kier molecular flexibility index (Phi) is 7.29. The largest absolute Gasteiger partial charge is 0.468 e. The van der Waals surface area contributed by atoms with Crippen LogP contribution in [-0.4, -0.2) is 69.6 Å². The summed E-state index contributed by atoms with van der Waals surface area (Å²) in [7, 11) is 9.12. The van der Waals surface area contributed by atoms with Gasteiger partial charge in [-0.1, -0.05) is 0 Å². The number of esters is 1. The lowest BCUT2D eigenvalue weighted by Gasteiger charge is -2.22. The van der Waals surface area contributed by atoms with Crippen LogP contribution in [0.2, 0.25) is 0 Å². The molecule has 1 atom stereocenters. The zero-order valence-corrected chi connectivity index (χ0v) is 11.4. The highest BCUT2D eigenvalue weighted by Gasteiger charge is 2.12. The quantitative estimate of drug-likeness (QED) is 0.312. The van der Waals surface area contributed by atoms with E-state index in [-0.39, 0.29) is 5.97 Å². The predicted octanol–water partition coefficient (Wildman–Crippen LogP) is -0.254. The van der Waals surface area contributed by atoms with Crippen LogP contribution in [0.25, 0.3) is 0 Å². The molecule has 0 aromatic heterocycles. The molecule has 0 unspecified atom stereocenters. The average Bonchev–Trinajstić information content (AvgIpc) is 2.26. The first-order valence-corrected chi connectivity index (χ1v) is 5.62. The van der Waals surface area contributed by atoms with Crippen LogP contribution in [0, 0.1) is 0 Å². The number of nitrogens with two attached hydrogens (primary N) is 1. The number of carbonyl (C=O) groups is 1. The molecule has 0 saturated heterocycles. The van der Waals surface area contributed by atoms with Gasteiger partial charge >= 0.3 is 5.97 Å². The monoisotopic (exact) mass is 244 g/mol. The van der Waals surface area contributed by atoms with E-state index in [4.69, 9.17) is 5.73 Å². The number of carbonyl (C=O) groups excluding carboxylic acids is 1. The third-order valence-electron chi connectivity index (χ3n) is 2.23. The molecule has 0 fully saturated rings. The molecule has 6 heteroatoms. The van der Waals surface area contributed by atoms with Gasteiger partial charge in [-0.25, -0.2) is 0 Å². The van der Waals surface area contributed by atoms with Crippen LogP contribution in [0.3, 0.4) is 0 Å². The molecule has 6 nitrogen and oxygen atoms in total. The van der Waals surface area contributed by atoms with Gasteiger partial charge in [0.1, 0.15) is 6.04 Å². The maximum absolute atomic E-state index is 11.1. The van der Waals surface area contributed by atoms with Crippen LogP contribution in [0.5, 0.6) is 0 Å². The first-order valence-electron chi connectivity index (χ1n) is 5.62. The Balaban J connectivity index is 4.04. The third kappa shape index (κ3) is 6.11. The highest BCUT2D eigenvalue weighted by molar-refractivity contribution is 5.79. The van der Waals surface area contributed by atoms with E-state index in [1.165, 1.54) is 7.11 Å². The summed E-state index contributed by atoms with van der Waals surface area (Å²) in [6.45, 7) is 0.649. The fourth-order valence-electron chi connectivity index (χ4n) is 1.44. The van der Waals surface area contributed by atoms with Gasteiger partial charge in [-0.2, -0.15) is 0 Å². The molecule has 17 heavy (non-hydrogen) atoms. The van der Waals surface area contributed by atoms with Gasteiger partial charge in [0.15, 0.2) is 5.96 Å². The number of hydrogen-bond donors (Lipinski definition) is 1. The first kappa shape index (κ1) is 15.7. The second kappa shape index (κ2) is 7.89. The summed E-state index contributed by atoms with van der Waals surface area (Å²) in [6.07, 6.45) is 1.35. The summed E-state index contributed by atoms with van der Waals surface area (Å²) in [5.41, 5.74) is 5.62. The van der Waals surface area contributed by atoms with Gasteiger partial charge in [-0.15, -0.1) is 0 Å². The van der Waals surface area contributed by atoms with E-state index in [9.17, 15) is 4.79 Å². The van der Waals surface area contributed by atoms with Crippen LogP contribution in [0.15, 0.2) is 4.99 Å². The van der Waals surface area contributed by atoms with E-state index in [0.717, 1.165) is 12.4 Å². The number of aliphatic imine (C=N–C) groups is 1. The van der Waals surface area contributed by atoms with Crippen LogP contribution >= 0.6 is 0 Å². The Morgan fingerprint density at radius 2 is 1.82 bits per heavy atom. The molecular weight excluding hydrogens is 220 g/mol. The van der Waals surface area contributed by atoms with Gasteiger partial charge in [0, 0.05) is 34.7 Å². The second-order valence-corrected chi connectivity index (χ2v) is 4.24. The summed E-state index contributed by atoms with van der Waals surface area (Å²) in [6, 6.07) is -0.544. The number of nitrogens with zero attached hydrogens (tertiary/aromatic N) is 3. The minimum absolute atomic E-state index is 0.366. The molecule has 0 aliphatic rings. The molecule has 0 aromatic carbocycles. The molecule has 2 N–H and O–H groups in total. The van der Waals surface area contributed by atoms with Crippen LogP contribution < -0.4 is 5.73 Å². The molecule has 0 aliphatic carbocycles. The van der Waals surface area contributed by atoms with Crippen LogP contribution in [-0.2, 0) is 9.53 Å². The van der Waals surface area contributed by atoms with Crippen molar-refractivity contribution in [1.29, 1.82) is 0 Å². The van der Waals surface area contributed by atoms with Crippen molar-refractivity contribution in [3.8, 4) is 0 Å². The number of hydrogen-bond acceptors (Lipinski definition) is 4. The molecule has 0 saturated carbocycles. The molecule has 0 heterocycles. The number of rotatable bonds is 5. The van der Waals surface area contributed by atoms with Gasteiger partial charge in [0.25, 0.3) is 0 Å². The van der Waals surface area contributed by atoms with Gasteiger partial charge in [0.2, 0.25) is 0 Å². The van der Waals surface area contributed by atoms with E-state index in [0.29, 0.717) is 13.0 Å². The summed E-state index contributed by atoms with van der Waals surface area (Å²) >= 11 is 0. The molecule has 100 valence electrons. The summed E-state index contributed by atoms with van der Waals surface area (Å²) in [4.78, 5) is 19.4. The van der Waals surface area contributed by atoms with Gasteiger partial charge in [0.05, 0.1) is 7.11 Å². The Labute approximate surface area is 103 Å². The first-order chi connectivity index (χ1) is 7.90. The van der Waals surface area contributed by atoms with Crippen LogP contribution in [0.1, 0.15) is 12.8 Å². The Morgan fingerprint density at radius 3 is 2.24 bits per heavy atom. The maximum atomic E-state index is 11.1.